The van der Waals surface area contributed by atoms with Crippen molar-refractivity contribution in [3.8, 4) is 0 Å². The van der Waals surface area contributed by atoms with Crippen LogP contribution in [0.5, 0.6) is 0 Å². The molecule has 0 spiro atoms. The van der Waals surface area contributed by atoms with Gasteiger partial charge in [-0.3, -0.25) is 4.98 Å². The summed E-state index contributed by atoms with van der Waals surface area (Å²) in [4.78, 5) is 6.33. The number of thiocarbonyl (C=S) groups is 1. The Kier molecular flexibility index (Phi) is 6.30. The molecule has 0 bridgehead atoms. The number of nitrogens with one attached hydrogen (secondary N) is 2. The average Bonchev–Trinajstić information content (AvgIpc) is 2.48. The van der Waals surface area contributed by atoms with Crippen LogP contribution < -0.4 is 10.6 Å². The second-order valence-corrected chi connectivity index (χ2v) is 6.44. The zero-order chi connectivity index (χ0) is 15.9. The predicted octanol–water partition coefficient (Wildman–Crippen LogP) is 3.43. The van der Waals surface area contributed by atoms with Crippen LogP contribution >= 0.6 is 28.1 Å². The molecule has 2 N–H and O–H groups in total. The Hall–Kier alpha value is -1.50. The van der Waals surface area contributed by atoms with Crippen molar-refractivity contribution >= 4 is 38.9 Å². The van der Waals surface area contributed by atoms with Gasteiger partial charge in [-0.25, -0.2) is 0 Å². The summed E-state index contributed by atoms with van der Waals surface area (Å²) in [5.41, 5.74) is 2.11. The van der Waals surface area contributed by atoms with Gasteiger partial charge in [0.05, 0.1) is 6.04 Å². The third kappa shape index (κ3) is 5.05. The zero-order valence-electron chi connectivity index (χ0n) is 12.6. The molecule has 4 nitrogen and oxygen atoms in total. The Balaban J connectivity index is 1.94. The van der Waals surface area contributed by atoms with E-state index in [9.17, 15) is 0 Å². The minimum atomic E-state index is 0.205. The number of likely N-dealkylation sites (N-methyl/N-ethyl adjacent to an activating group) is 1. The molecule has 0 aliphatic rings. The van der Waals surface area contributed by atoms with Gasteiger partial charge in [-0.15, -0.1) is 0 Å². The third-order valence-electron chi connectivity index (χ3n) is 3.23. The molecule has 1 atom stereocenters. The van der Waals surface area contributed by atoms with Gasteiger partial charge in [0.25, 0.3) is 0 Å². The first-order valence-corrected chi connectivity index (χ1v) is 8.13. The molecular formula is C16H19BrN4S. The number of halogens is 1. The summed E-state index contributed by atoms with van der Waals surface area (Å²) < 4.78 is 1.02. The number of hydrogen-bond donors (Lipinski definition) is 2. The van der Waals surface area contributed by atoms with Crippen LogP contribution in [0.2, 0.25) is 0 Å². The molecule has 1 heterocycles. The third-order valence-corrected chi connectivity index (χ3v) is 3.97. The van der Waals surface area contributed by atoms with Gasteiger partial charge in [0.2, 0.25) is 0 Å². The van der Waals surface area contributed by atoms with Crippen molar-refractivity contribution in [2.75, 3.05) is 26.0 Å². The Morgan fingerprint density at radius 2 is 2.14 bits per heavy atom. The molecule has 2 rings (SSSR count). The molecule has 6 heteroatoms. The molecule has 0 aliphatic carbocycles. The van der Waals surface area contributed by atoms with Gasteiger partial charge in [-0.05, 0) is 56.1 Å². The van der Waals surface area contributed by atoms with E-state index in [-0.39, 0.29) is 6.04 Å². The van der Waals surface area contributed by atoms with Gasteiger partial charge < -0.3 is 15.5 Å². The van der Waals surface area contributed by atoms with E-state index >= 15 is 0 Å². The predicted molar refractivity (Wildman–Crippen MR) is 99.0 cm³/mol. The first-order chi connectivity index (χ1) is 10.6. The highest BCUT2D eigenvalue weighted by Gasteiger charge is 2.14. The van der Waals surface area contributed by atoms with Crippen LogP contribution in [-0.2, 0) is 0 Å². The van der Waals surface area contributed by atoms with Crippen molar-refractivity contribution in [2.24, 2.45) is 0 Å². The summed E-state index contributed by atoms with van der Waals surface area (Å²) >= 11 is 8.81. The van der Waals surface area contributed by atoms with Crippen LogP contribution in [0.25, 0.3) is 0 Å². The highest BCUT2D eigenvalue weighted by Crippen LogP contribution is 2.17. The SMILES string of the molecule is CN(C)C(CNC(=S)Nc1cccc(Br)c1)c1cccnc1. The molecule has 0 radical (unpaired) electrons. The van der Waals surface area contributed by atoms with E-state index in [1.807, 2.05) is 50.6 Å². The zero-order valence-corrected chi connectivity index (χ0v) is 15.0. The summed E-state index contributed by atoms with van der Waals surface area (Å²) in [7, 11) is 4.09. The number of benzene rings is 1. The van der Waals surface area contributed by atoms with Crippen LogP contribution in [0.3, 0.4) is 0 Å². The Morgan fingerprint density at radius 3 is 2.77 bits per heavy atom. The lowest BCUT2D eigenvalue weighted by molar-refractivity contribution is 0.298. The van der Waals surface area contributed by atoms with Gasteiger partial charge in [-0.2, -0.15) is 0 Å². The van der Waals surface area contributed by atoms with E-state index in [1.165, 1.54) is 0 Å². The summed E-state index contributed by atoms with van der Waals surface area (Å²) in [6.45, 7) is 0.707. The first-order valence-electron chi connectivity index (χ1n) is 6.93. The summed E-state index contributed by atoms with van der Waals surface area (Å²) in [5.74, 6) is 0. The van der Waals surface area contributed by atoms with Crippen molar-refractivity contribution in [1.29, 1.82) is 0 Å². The molecule has 22 heavy (non-hydrogen) atoms. The van der Waals surface area contributed by atoms with Gasteiger partial charge >= 0.3 is 0 Å². The van der Waals surface area contributed by atoms with Crippen LogP contribution in [-0.4, -0.2) is 35.6 Å². The normalized spacial score (nSPS) is 12.0. The van der Waals surface area contributed by atoms with E-state index < -0.39 is 0 Å². The molecule has 1 unspecified atom stereocenters. The Labute approximate surface area is 145 Å². The largest absolute Gasteiger partial charge is 0.361 e. The molecule has 1 aromatic carbocycles. The molecule has 116 valence electrons. The summed E-state index contributed by atoms with van der Waals surface area (Å²) in [5, 5.41) is 7.06. The fraction of sp³-hybridized carbons (Fsp3) is 0.250. The smallest absolute Gasteiger partial charge is 0.170 e. The monoisotopic (exact) mass is 378 g/mol. The second-order valence-electron chi connectivity index (χ2n) is 5.11. The highest BCUT2D eigenvalue weighted by molar-refractivity contribution is 9.10. The van der Waals surface area contributed by atoms with Gasteiger partial charge in [-0.1, -0.05) is 28.1 Å². The number of aromatic nitrogens is 1. The summed E-state index contributed by atoms with van der Waals surface area (Å²) in [6, 6.07) is 12.1. The van der Waals surface area contributed by atoms with Crippen LogP contribution in [0.15, 0.2) is 53.3 Å². The fourth-order valence-corrected chi connectivity index (χ4v) is 2.70. The molecule has 0 aliphatic heterocycles. The lowest BCUT2D eigenvalue weighted by atomic mass is 10.1. The number of nitrogens with zero attached hydrogens (tertiary/aromatic N) is 2. The van der Waals surface area contributed by atoms with Crippen molar-refractivity contribution in [3.63, 3.8) is 0 Å². The minimum absolute atomic E-state index is 0.205. The van der Waals surface area contributed by atoms with E-state index in [0.29, 0.717) is 11.7 Å². The van der Waals surface area contributed by atoms with Crippen molar-refractivity contribution in [2.45, 2.75) is 6.04 Å². The number of anilines is 1. The first kappa shape index (κ1) is 16.9. The maximum absolute atomic E-state index is 5.36. The number of rotatable bonds is 5. The van der Waals surface area contributed by atoms with E-state index in [0.717, 1.165) is 15.7 Å². The van der Waals surface area contributed by atoms with Crippen molar-refractivity contribution in [1.82, 2.24) is 15.2 Å². The highest BCUT2D eigenvalue weighted by atomic mass is 79.9. The van der Waals surface area contributed by atoms with E-state index in [4.69, 9.17) is 12.2 Å². The van der Waals surface area contributed by atoms with Crippen molar-refractivity contribution in [3.05, 3.63) is 58.8 Å². The molecule has 0 fully saturated rings. The topological polar surface area (TPSA) is 40.2 Å². The van der Waals surface area contributed by atoms with Gasteiger partial charge in [0.15, 0.2) is 5.11 Å². The molecule has 0 saturated carbocycles. The molecule has 0 saturated heterocycles. The average molecular weight is 379 g/mol. The Bertz CT molecular complexity index is 619. The van der Waals surface area contributed by atoms with Crippen molar-refractivity contribution < 1.29 is 0 Å². The maximum atomic E-state index is 5.36. The number of pyridine rings is 1. The lowest BCUT2D eigenvalue weighted by Crippen LogP contribution is -2.36. The van der Waals surface area contributed by atoms with Crippen LogP contribution in [0, 0.1) is 0 Å². The van der Waals surface area contributed by atoms with Gasteiger partial charge in [0, 0.05) is 29.1 Å². The standard InChI is InChI=1S/C16H19BrN4S/c1-21(2)15(12-5-4-8-18-10-12)11-19-16(22)20-14-7-3-6-13(17)9-14/h3-10,15H,11H2,1-2H3,(H2,19,20,22). The molecule has 2 aromatic rings. The van der Waals surface area contributed by atoms with E-state index in [1.54, 1.807) is 6.20 Å². The lowest BCUT2D eigenvalue weighted by Gasteiger charge is -2.25. The molecule has 1 aromatic heterocycles. The second kappa shape index (κ2) is 8.22. The molecular weight excluding hydrogens is 360 g/mol. The number of hydrogen-bond acceptors (Lipinski definition) is 3. The quantitative estimate of drug-likeness (QED) is 0.779. The minimum Gasteiger partial charge on any atom is -0.361 e. The Morgan fingerprint density at radius 1 is 1.32 bits per heavy atom. The molecule has 0 amide bonds. The van der Waals surface area contributed by atoms with Crippen LogP contribution in [0.1, 0.15) is 11.6 Å². The maximum Gasteiger partial charge on any atom is 0.170 e. The van der Waals surface area contributed by atoms with E-state index in [2.05, 4.69) is 42.5 Å². The van der Waals surface area contributed by atoms with Gasteiger partial charge in [0.1, 0.15) is 0 Å². The fourth-order valence-electron chi connectivity index (χ4n) is 2.10. The van der Waals surface area contributed by atoms with Crippen LogP contribution in [0.4, 0.5) is 5.69 Å². The summed E-state index contributed by atoms with van der Waals surface area (Å²) in [6.07, 6.45) is 3.67.